The zero-order valence-corrected chi connectivity index (χ0v) is 15.9. The van der Waals surface area contributed by atoms with E-state index in [1.807, 2.05) is 0 Å². The zero-order valence-electron chi connectivity index (χ0n) is 15.9. The summed E-state index contributed by atoms with van der Waals surface area (Å²) in [5.74, 6) is -1.43. The molecule has 0 bridgehead atoms. The van der Waals surface area contributed by atoms with Crippen LogP contribution in [-0.2, 0) is 19.1 Å². The number of Topliss-reactive ketones (excluding diaryl/α,β-unsaturated/α-hetero) is 1. The Hall–Kier alpha value is -3.68. The van der Waals surface area contributed by atoms with E-state index in [1.165, 1.54) is 19.9 Å². The van der Waals surface area contributed by atoms with Gasteiger partial charge < -0.3 is 20.1 Å². The predicted molar refractivity (Wildman–Crippen MR) is 105 cm³/mol. The third-order valence-electron chi connectivity index (χ3n) is 4.27. The monoisotopic (exact) mass is 396 g/mol. The molecule has 8 nitrogen and oxygen atoms in total. The van der Waals surface area contributed by atoms with E-state index in [0.717, 1.165) is 0 Å². The molecule has 0 saturated carbocycles. The van der Waals surface area contributed by atoms with Crippen LogP contribution in [0.25, 0.3) is 0 Å². The van der Waals surface area contributed by atoms with Crippen molar-refractivity contribution in [2.75, 3.05) is 10.6 Å². The predicted octanol–water partition coefficient (Wildman–Crippen LogP) is 2.55. The molecule has 8 heteroatoms. The molecule has 2 N–H and O–H groups in total. The quantitative estimate of drug-likeness (QED) is 0.573. The Labute approximate surface area is 167 Å². The molecule has 0 spiro atoms. The first-order chi connectivity index (χ1) is 13.8. The van der Waals surface area contributed by atoms with Crippen LogP contribution in [0.2, 0.25) is 0 Å². The van der Waals surface area contributed by atoms with E-state index < -0.39 is 30.0 Å². The van der Waals surface area contributed by atoms with Crippen LogP contribution >= 0.6 is 0 Å². The van der Waals surface area contributed by atoms with Crippen LogP contribution in [0.4, 0.5) is 11.4 Å². The number of ketones is 1. The number of hydrogen-bond donors (Lipinski definition) is 2. The largest absolute Gasteiger partial charge is 0.478 e. The molecule has 0 saturated heterocycles. The highest BCUT2D eigenvalue weighted by Crippen LogP contribution is 2.29. The molecule has 150 valence electrons. The van der Waals surface area contributed by atoms with Gasteiger partial charge in [0.05, 0.1) is 12.1 Å². The number of fused-ring (bicyclic) bond motifs is 1. The molecule has 0 radical (unpaired) electrons. The van der Waals surface area contributed by atoms with E-state index in [1.54, 1.807) is 42.5 Å². The summed E-state index contributed by atoms with van der Waals surface area (Å²) in [7, 11) is 0. The summed E-state index contributed by atoms with van der Waals surface area (Å²) < 4.78 is 10.7. The molecule has 2 amide bonds. The Balaban J connectivity index is 1.55. The first-order valence-electron chi connectivity index (χ1n) is 9.01. The van der Waals surface area contributed by atoms with Gasteiger partial charge in [-0.15, -0.1) is 0 Å². The average Bonchev–Trinajstić information content (AvgIpc) is 2.68. The second-order valence-electron chi connectivity index (χ2n) is 6.55. The topological polar surface area (TPSA) is 111 Å². The Morgan fingerprint density at radius 1 is 1.17 bits per heavy atom. The van der Waals surface area contributed by atoms with Crippen molar-refractivity contribution in [2.24, 2.45) is 0 Å². The molecule has 3 rings (SSSR count). The lowest BCUT2D eigenvalue weighted by Crippen LogP contribution is -2.40. The standard InChI is InChI=1S/C21H20N2O6/c1-12(24)14-6-5-7-15(10-14)22-20(26)13(2)28-19(25)11-18-21(27)23-16-8-3-4-9-17(16)29-18/h3-10,13,18H,11H2,1-2H3,(H,22,26)(H,23,27)/t13-,18-/m1/s1. The van der Waals surface area contributed by atoms with Crippen LogP contribution in [0, 0.1) is 0 Å². The molecular formula is C21H20N2O6. The number of para-hydroxylation sites is 2. The summed E-state index contributed by atoms with van der Waals surface area (Å²) in [6.45, 7) is 2.84. The Kier molecular flexibility index (Phi) is 5.92. The van der Waals surface area contributed by atoms with Crippen LogP contribution in [-0.4, -0.2) is 35.8 Å². The maximum absolute atomic E-state index is 12.3. The molecular weight excluding hydrogens is 376 g/mol. The van der Waals surface area contributed by atoms with Crippen molar-refractivity contribution in [3.05, 3.63) is 54.1 Å². The maximum Gasteiger partial charge on any atom is 0.310 e. The first-order valence-corrected chi connectivity index (χ1v) is 9.01. The highest BCUT2D eigenvalue weighted by atomic mass is 16.6. The molecule has 0 fully saturated rings. The number of benzene rings is 2. The van der Waals surface area contributed by atoms with Gasteiger partial charge in [0.2, 0.25) is 0 Å². The van der Waals surface area contributed by atoms with Crippen LogP contribution in [0.1, 0.15) is 30.6 Å². The summed E-state index contributed by atoms with van der Waals surface area (Å²) in [6.07, 6.45) is -2.47. The summed E-state index contributed by atoms with van der Waals surface area (Å²) in [4.78, 5) is 48.0. The minimum atomic E-state index is -1.09. The van der Waals surface area contributed by atoms with Crippen LogP contribution < -0.4 is 15.4 Å². The van der Waals surface area contributed by atoms with Gasteiger partial charge in [-0.05, 0) is 38.1 Å². The van der Waals surface area contributed by atoms with E-state index in [9.17, 15) is 19.2 Å². The molecule has 1 aliphatic rings. The zero-order chi connectivity index (χ0) is 21.0. The van der Waals surface area contributed by atoms with Gasteiger partial charge in [-0.25, -0.2) is 0 Å². The number of rotatable bonds is 6. The number of hydrogen-bond acceptors (Lipinski definition) is 6. The number of carbonyl (C=O) groups excluding carboxylic acids is 4. The molecule has 29 heavy (non-hydrogen) atoms. The minimum absolute atomic E-state index is 0.132. The number of carbonyl (C=O) groups is 4. The second-order valence-corrected chi connectivity index (χ2v) is 6.55. The molecule has 0 unspecified atom stereocenters. The fourth-order valence-corrected chi connectivity index (χ4v) is 2.74. The number of amides is 2. The van der Waals surface area contributed by atoms with Crippen molar-refractivity contribution in [3.8, 4) is 5.75 Å². The Bertz CT molecular complexity index is 971. The first kappa shape index (κ1) is 20.1. The third kappa shape index (κ3) is 4.98. The highest BCUT2D eigenvalue weighted by Gasteiger charge is 2.31. The van der Waals surface area contributed by atoms with Gasteiger partial charge in [-0.2, -0.15) is 0 Å². The summed E-state index contributed by atoms with van der Waals surface area (Å²) in [5, 5.41) is 5.25. The van der Waals surface area contributed by atoms with Crippen LogP contribution in [0.15, 0.2) is 48.5 Å². The summed E-state index contributed by atoms with van der Waals surface area (Å²) in [5.41, 5.74) is 1.40. The van der Waals surface area contributed by atoms with E-state index in [2.05, 4.69) is 10.6 Å². The number of nitrogens with one attached hydrogen (secondary N) is 2. The fourth-order valence-electron chi connectivity index (χ4n) is 2.74. The van der Waals surface area contributed by atoms with Crippen molar-refractivity contribution in [1.29, 1.82) is 0 Å². The van der Waals surface area contributed by atoms with Crippen molar-refractivity contribution < 1.29 is 28.7 Å². The van der Waals surface area contributed by atoms with Gasteiger partial charge in [-0.1, -0.05) is 24.3 Å². The van der Waals surface area contributed by atoms with Gasteiger partial charge in [0.25, 0.3) is 11.8 Å². The lowest BCUT2D eigenvalue weighted by Gasteiger charge is -2.25. The van der Waals surface area contributed by atoms with Gasteiger partial charge in [-0.3, -0.25) is 19.2 Å². The van der Waals surface area contributed by atoms with Gasteiger partial charge in [0.15, 0.2) is 18.0 Å². The van der Waals surface area contributed by atoms with E-state index in [0.29, 0.717) is 22.7 Å². The van der Waals surface area contributed by atoms with Gasteiger partial charge >= 0.3 is 5.97 Å². The number of anilines is 2. The average molecular weight is 396 g/mol. The molecule has 2 atom stereocenters. The van der Waals surface area contributed by atoms with Crippen LogP contribution in [0.3, 0.4) is 0 Å². The Morgan fingerprint density at radius 3 is 2.69 bits per heavy atom. The molecule has 2 aromatic carbocycles. The highest BCUT2D eigenvalue weighted by molar-refractivity contribution is 6.00. The van der Waals surface area contributed by atoms with E-state index >= 15 is 0 Å². The van der Waals surface area contributed by atoms with Crippen molar-refractivity contribution in [1.82, 2.24) is 0 Å². The summed E-state index contributed by atoms with van der Waals surface area (Å²) in [6, 6.07) is 13.3. The Morgan fingerprint density at radius 2 is 1.93 bits per heavy atom. The van der Waals surface area contributed by atoms with Gasteiger partial charge in [0, 0.05) is 11.3 Å². The normalized spacial score (nSPS) is 15.9. The van der Waals surface area contributed by atoms with Crippen molar-refractivity contribution in [2.45, 2.75) is 32.5 Å². The maximum atomic E-state index is 12.3. The van der Waals surface area contributed by atoms with Crippen molar-refractivity contribution >= 4 is 34.9 Å². The molecule has 1 heterocycles. The second kappa shape index (κ2) is 8.55. The molecule has 2 aromatic rings. The molecule has 0 aliphatic carbocycles. The minimum Gasteiger partial charge on any atom is -0.478 e. The SMILES string of the molecule is CC(=O)c1cccc(NC(=O)[C@@H](C)OC(=O)C[C@H]2Oc3ccccc3NC2=O)c1. The lowest BCUT2D eigenvalue weighted by molar-refractivity contribution is -0.155. The van der Waals surface area contributed by atoms with Gasteiger partial charge in [0.1, 0.15) is 5.75 Å². The van der Waals surface area contributed by atoms with E-state index in [4.69, 9.17) is 9.47 Å². The number of ether oxygens (including phenoxy) is 2. The lowest BCUT2D eigenvalue weighted by atomic mass is 10.1. The smallest absolute Gasteiger partial charge is 0.310 e. The molecule has 0 aromatic heterocycles. The fraction of sp³-hybridized carbons (Fsp3) is 0.238. The summed E-state index contributed by atoms with van der Waals surface area (Å²) >= 11 is 0. The number of esters is 1. The van der Waals surface area contributed by atoms with Crippen LogP contribution in [0.5, 0.6) is 5.75 Å². The third-order valence-corrected chi connectivity index (χ3v) is 4.27. The van der Waals surface area contributed by atoms with E-state index in [-0.39, 0.29) is 12.2 Å². The van der Waals surface area contributed by atoms with Crippen molar-refractivity contribution in [3.63, 3.8) is 0 Å². The molecule has 1 aliphatic heterocycles.